The van der Waals surface area contributed by atoms with Crippen molar-refractivity contribution in [3.8, 4) is 5.75 Å². The van der Waals surface area contributed by atoms with Crippen LogP contribution in [0.25, 0.3) is 0 Å². The maximum atomic E-state index is 11.9. The standard InChI is InChI=1S/C18H20N2O5S/c1-25-15-8-6-13(7-9-15)14-10-11-19(12-14)16-4-3-5-17(26(2,23)24)18(16)20(21)22/h3-9,14H,10-12H2,1-2H3. The van der Waals surface area contributed by atoms with E-state index in [1.165, 1.54) is 6.07 Å². The van der Waals surface area contributed by atoms with Gasteiger partial charge in [0.1, 0.15) is 16.3 Å². The predicted octanol–water partition coefficient (Wildman–Crippen LogP) is 3.00. The van der Waals surface area contributed by atoms with Gasteiger partial charge in [-0.1, -0.05) is 18.2 Å². The molecule has 1 saturated heterocycles. The fourth-order valence-electron chi connectivity index (χ4n) is 3.38. The van der Waals surface area contributed by atoms with Crippen LogP contribution in [0.3, 0.4) is 0 Å². The molecule has 0 spiro atoms. The van der Waals surface area contributed by atoms with Gasteiger partial charge in [0.2, 0.25) is 0 Å². The number of nitrogens with zero attached hydrogens (tertiary/aromatic N) is 2. The van der Waals surface area contributed by atoms with Crippen LogP contribution in [0.5, 0.6) is 5.75 Å². The van der Waals surface area contributed by atoms with Gasteiger partial charge in [0.15, 0.2) is 9.84 Å². The number of rotatable bonds is 5. The lowest BCUT2D eigenvalue weighted by molar-refractivity contribution is -0.387. The van der Waals surface area contributed by atoms with Crippen molar-refractivity contribution in [2.45, 2.75) is 17.2 Å². The number of ether oxygens (including phenoxy) is 1. The predicted molar refractivity (Wildman–Crippen MR) is 98.8 cm³/mol. The highest BCUT2D eigenvalue weighted by molar-refractivity contribution is 7.90. The lowest BCUT2D eigenvalue weighted by atomic mass is 9.98. The molecular formula is C18H20N2O5S. The molecule has 2 aromatic carbocycles. The van der Waals surface area contributed by atoms with E-state index in [0.717, 1.165) is 24.0 Å². The third-order valence-electron chi connectivity index (χ3n) is 4.68. The number of para-hydroxylation sites is 1. The molecule has 3 rings (SSSR count). The highest BCUT2D eigenvalue weighted by Gasteiger charge is 2.32. The summed E-state index contributed by atoms with van der Waals surface area (Å²) in [5.41, 5.74) is 1.15. The van der Waals surface area contributed by atoms with Crippen molar-refractivity contribution in [1.29, 1.82) is 0 Å². The summed E-state index contributed by atoms with van der Waals surface area (Å²) in [6.45, 7) is 1.23. The van der Waals surface area contributed by atoms with E-state index in [2.05, 4.69) is 0 Å². The monoisotopic (exact) mass is 376 g/mol. The summed E-state index contributed by atoms with van der Waals surface area (Å²) in [5, 5.41) is 11.6. The second-order valence-electron chi connectivity index (χ2n) is 6.36. The maximum absolute atomic E-state index is 11.9. The topological polar surface area (TPSA) is 89.8 Å². The summed E-state index contributed by atoms with van der Waals surface area (Å²) in [7, 11) is -2.07. The molecule has 1 unspecified atom stereocenters. The molecule has 1 aliphatic heterocycles. The number of anilines is 1. The molecule has 0 N–H and O–H groups in total. The smallest absolute Gasteiger partial charge is 0.311 e. The van der Waals surface area contributed by atoms with Gasteiger partial charge < -0.3 is 9.64 Å². The fraction of sp³-hybridized carbons (Fsp3) is 0.333. The Labute approximate surface area is 152 Å². The average molecular weight is 376 g/mol. The second-order valence-corrected chi connectivity index (χ2v) is 8.34. The zero-order valence-electron chi connectivity index (χ0n) is 14.6. The van der Waals surface area contributed by atoms with Crippen molar-refractivity contribution in [2.24, 2.45) is 0 Å². The summed E-state index contributed by atoms with van der Waals surface area (Å²) >= 11 is 0. The molecule has 1 fully saturated rings. The number of sulfone groups is 1. The van der Waals surface area contributed by atoms with Gasteiger partial charge in [-0.15, -0.1) is 0 Å². The quantitative estimate of drug-likeness (QED) is 0.589. The zero-order chi connectivity index (χ0) is 18.9. The van der Waals surface area contributed by atoms with E-state index >= 15 is 0 Å². The van der Waals surface area contributed by atoms with Crippen molar-refractivity contribution in [2.75, 3.05) is 31.4 Å². The molecule has 26 heavy (non-hydrogen) atoms. The lowest BCUT2D eigenvalue weighted by Crippen LogP contribution is -2.21. The number of hydrogen-bond donors (Lipinski definition) is 0. The highest BCUT2D eigenvalue weighted by Crippen LogP contribution is 2.39. The first-order valence-electron chi connectivity index (χ1n) is 8.17. The SMILES string of the molecule is COc1ccc(C2CCN(c3cccc(S(C)(=O)=O)c3[N+](=O)[O-])C2)cc1. The second kappa shape index (κ2) is 6.95. The Morgan fingerprint density at radius 2 is 1.88 bits per heavy atom. The molecule has 0 aliphatic carbocycles. The van der Waals surface area contributed by atoms with Gasteiger partial charge in [-0.25, -0.2) is 8.42 Å². The molecule has 0 bridgehead atoms. The highest BCUT2D eigenvalue weighted by atomic mass is 32.2. The molecule has 1 aliphatic rings. The van der Waals surface area contributed by atoms with Crippen LogP contribution in [0.4, 0.5) is 11.4 Å². The van der Waals surface area contributed by atoms with Crippen LogP contribution in [0, 0.1) is 10.1 Å². The van der Waals surface area contributed by atoms with E-state index in [0.29, 0.717) is 18.8 Å². The molecule has 8 heteroatoms. The third kappa shape index (κ3) is 3.50. The summed E-state index contributed by atoms with van der Waals surface area (Å²) in [6.07, 6.45) is 1.83. The summed E-state index contributed by atoms with van der Waals surface area (Å²) in [5.74, 6) is 1.00. The Hall–Kier alpha value is -2.61. The summed E-state index contributed by atoms with van der Waals surface area (Å²) < 4.78 is 29.0. The Morgan fingerprint density at radius 1 is 1.19 bits per heavy atom. The van der Waals surface area contributed by atoms with Crippen LogP contribution < -0.4 is 9.64 Å². The normalized spacial score (nSPS) is 17.3. The van der Waals surface area contributed by atoms with Crippen LogP contribution in [0.2, 0.25) is 0 Å². The minimum absolute atomic E-state index is 0.224. The molecule has 138 valence electrons. The number of benzene rings is 2. The molecule has 0 radical (unpaired) electrons. The van der Waals surface area contributed by atoms with Gasteiger partial charge in [0, 0.05) is 25.3 Å². The Balaban J connectivity index is 1.92. The number of methoxy groups -OCH3 is 1. The molecule has 1 heterocycles. The lowest BCUT2D eigenvalue weighted by Gasteiger charge is -2.19. The largest absolute Gasteiger partial charge is 0.497 e. The van der Waals surface area contributed by atoms with Crippen molar-refractivity contribution >= 4 is 21.2 Å². The summed E-state index contributed by atoms with van der Waals surface area (Å²) in [6, 6.07) is 12.2. The molecule has 7 nitrogen and oxygen atoms in total. The Bertz CT molecular complexity index is 925. The van der Waals surface area contributed by atoms with Gasteiger partial charge in [0.05, 0.1) is 12.0 Å². The van der Waals surface area contributed by atoms with Gasteiger partial charge in [-0.05, 0) is 36.2 Å². The third-order valence-corrected chi connectivity index (χ3v) is 5.80. The van der Waals surface area contributed by atoms with Crippen LogP contribution in [0.15, 0.2) is 47.4 Å². The molecular weight excluding hydrogens is 356 g/mol. The van der Waals surface area contributed by atoms with Gasteiger partial charge >= 0.3 is 5.69 Å². The van der Waals surface area contributed by atoms with Crippen molar-refractivity contribution in [3.05, 3.63) is 58.1 Å². The summed E-state index contributed by atoms with van der Waals surface area (Å²) in [4.78, 5) is 12.6. The van der Waals surface area contributed by atoms with E-state index in [-0.39, 0.29) is 16.5 Å². The maximum Gasteiger partial charge on any atom is 0.311 e. The van der Waals surface area contributed by atoms with Crippen molar-refractivity contribution in [3.63, 3.8) is 0 Å². The van der Waals surface area contributed by atoms with Crippen molar-refractivity contribution in [1.82, 2.24) is 0 Å². The molecule has 2 aromatic rings. The van der Waals surface area contributed by atoms with E-state index < -0.39 is 14.8 Å². The van der Waals surface area contributed by atoms with Gasteiger partial charge in [0.25, 0.3) is 0 Å². The molecule has 0 amide bonds. The number of nitro benzene ring substituents is 1. The van der Waals surface area contributed by atoms with Crippen LogP contribution >= 0.6 is 0 Å². The van der Waals surface area contributed by atoms with Gasteiger partial charge in [-0.2, -0.15) is 0 Å². The van der Waals surface area contributed by atoms with E-state index in [1.54, 1.807) is 19.2 Å². The molecule has 1 atom stereocenters. The first-order valence-corrected chi connectivity index (χ1v) is 10.1. The minimum atomic E-state index is -3.69. The Morgan fingerprint density at radius 3 is 2.46 bits per heavy atom. The van der Waals surface area contributed by atoms with E-state index in [4.69, 9.17) is 4.74 Å². The number of nitro groups is 1. The minimum Gasteiger partial charge on any atom is -0.497 e. The van der Waals surface area contributed by atoms with Crippen LogP contribution in [-0.2, 0) is 9.84 Å². The fourth-order valence-corrected chi connectivity index (χ4v) is 4.23. The van der Waals surface area contributed by atoms with Gasteiger partial charge in [-0.3, -0.25) is 10.1 Å². The Kier molecular flexibility index (Phi) is 4.86. The first kappa shape index (κ1) is 18.2. The van der Waals surface area contributed by atoms with Crippen LogP contribution in [-0.4, -0.2) is 39.8 Å². The van der Waals surface area contributed by atoms with Crippen LogP contribution in [0.1, 0.15) is 17.9 Å². The molecule has 0 saturated carbocycles. The zero-order valence-corrected chi connectivity index (χ0v) is 15.4. The van der Waals surface area contributed by atoms with Crippen molar-refractivity contribution < 1.29 is 18.1 Å². The van der Waals surface area contributed by atoms with E-state index in [9.17, 15) is 18.5 Å². The van der Waals surface area contributed by atoms with E-state index in [1.807, 2.05) is 29.2 Å². The number of hydrogen-bond acceptors (Lipinski definition) is 6. The first-order chi connectivity index (χ1) is 12.3. The average Bonchev–Trinajstić information content (AvgIpc) is 3.10. The molecule has 0 aromatic heterocycles.